The number of oxazole rings is 1. The second kappa shape index (κ2) is 3.78. The molecule has 0 bridgehead atoms. The highest BCUT2D eigenvalue weighted by Crippen LogP contribution is 2.22. The lowest BCUT2D eigenvalue weighted by molar-refractivity contribution is -0.134. The van der Waals surface area contributed by atoms with E-state index in [2.05, 4.69) is 4.98 Å². The van der Waals surface area contributed by atoms with Crippen LogP contribution in [0.3, 0.4) is 0 Å². The van der Waals surface area contributed by atoms with Crippen molar-refractivity contribution in [3.8, 4) is 0 Å². The highest BCUT2D eigenvalue weighted by atomic mass is 19.4. The van der Waals surface area contributed by atoms with Crippen molar-refractivity contribution in [3.05, 3.63) is 17.8 Å². The van der Waals surface area contributed by atoms with Crippen molar-refractivity contribution in [1.82, 2.24) is 4.98 Å². The van der Waals surface area contributed by atoms with Gasteiger partial charge in [-0.05, 0) is 0 Å². The maximum atomic E-state index is 11.7. The first-order chi connectivity index (χ1) is 6.01. The van der Waals surface area contributed by atoms with Gasteiger partial charge in [0.1, 0.15) is 5.76 Å². The van der Waals surface area contributed by atoms with Crippen LogP contribution in [0.15, 0.2) is 10.6 Å². The van der Waals surface area contributed by atoms with Crippen molar-refractivity contribution < 1.29 is 17.6 Å². The molecule has 0 aromatic carbocycles. The summed E-state index contributed by atoms with van der Waals surface area (Å²) in [5.74, 6) is 0.481. The van der Waals surface area contributed by atoms with Crippen LogP contribution in [0.1, 0.15) is 18.1 Å². The molecule has 0 aliphatic rings. The van der Waals surface area contributed by atoms with E-state index in [0.717, 1.165) is 0 Å². The quantitative estimate of drug-likeness (QED) is 0.795. The van der Waals surface area contributed by atoms with Crippen molar-refractivity contribution in [2.24, 2.45) is 5.73 Å². The molecule has 6 heteroatoms. The largest absolute Gasteiger partial charge is 0.444 e. The Kier molecular flexibility index (Phi) is 2.92. The molecule has 0 unspecified atom stereocenters. The Morgan fingerprint density at radius 3 is 2.62 bits per heavy atom. The number of alkyl halides is 3. The van der Waals surface area contributed by atoms with Gasteiger partial charge in [0.05, 0.1) is 19.2 Å². The number of hydrogen-bond donors (Lipinski definition) is 1. The summed E-state index contributed by atoms with van der Waals surface area (Å²) in [5, 5.41) is 0. The van der Waals surface area contributed by atoms with E-state index in [1.807, 2.05) is 0 Å². The Morgan fingerprint density at radius 2 is 2.15 bits per heavy atom. The molecule has 1 aromatic rings. The van der Waals surface area contributed by atoms with Crippen LogP contribution in [0.2, 0.25) is 0 Å². The molecule has 1 aromatic heterocycles. The zero-order valence-corrected chi connectivity index (χ0v) is 6.77. The lowest BCUT2D eigenvalue weighted by Crippen LogP contribution is -2.08. The lowest BCUT2D eigenvalue weighted by atomic mass is 10.2. The summed E-state index contributed by atoms with van der Waals surface area (Å²) < 4.78 is 40.1. The Labute approximate surface area is 72.7 Å². The van der Waals surface area contributed by atoms with Crippen LogP contribution in [0.25, 0.3) is 0 Å². The Balaban J connectivity index is 2.46. The average Bonchev–Trinajstić information content (AvgIpc) is 2.47. The van der Waals surface area contributed by atoms with Crippen molar-refractivity contribution >= 4 is 0 Å². The lowest BCUT2D eigenvalue weighted by Gasteiger charge is -2.02. The number of nitrogens with zero attached hydrogens (tertiary/aromatic N) is 1. The number of aryl methyl sites for hydroxylation is 1. The fourth-order valence-corrected chi connectivity index (χ4v) is 0.823. The molecule has 2 N–H and O–H groups in total. The van der Waals surface area contributed by atoms with Gasteiger partial charge in [-0.15, -0.1) is 0 Å². The van der Waals surface area contributed by atoms with Crippen molar-refractivity contribution in [1.29, 1.82) is 0 Å². The highest BCUT2D eigenvalue weighted by Gasteiger charge is 2.27. The second-order valence-corrected chi connectivity index (χ2v) is 2.54. The third-order valence-corrected chi connectivity index (χ3v) is 1.43. The van der Waals surface area contributed by atoms with E-state index < -0.39 is 12.6 Å². The third-order valence-electron chi connectivity index (χ3n) is 1.43. The molecule has 0 amide bonds. The van der Waals surface area contributed by atoms with Crippen molar-refractivity contribution in [2.75, 3.05) is 0 Å². The molecule has 0 aliphatic carbocycles. The summed E-state index contributed by atoms with van der Waals surface area (Å²) in [7, 11) is 0. The van der Waals surface area contributed by atoms with Crippen molar-refractivity contribution in [2.45, 2.75) is 25.6 Å². The molecule has 0 saturated heterocycles. The SMILES string of the molecule is NCc1ncc(CCC(F)(F)F)o1. The molecule has 0 spiro atoms. The molecule has 1 rings (SSSR count). The molecule has 1 heterocycles. The Morgan fingerprint density at radius 1 is 1.46 bits per heavy atom. The highest BCUT2D eigenvalue weighted by molar-refractivity contribution is 4.94. The monoisotopic (exact) mass is 194 g/mol. The fraction of sp³-hybridized carbons (Fsp3) is 0.571. The molecule has 0 radical (unpaired) electrons. The first kappa shape index (κ1) is 10.0. The van der Waals surface area contributed by atoms with Gasteiger partial charge in [-0.1, -0.05) is 0 Å². The van der Waals surface area contributed by atoms with Gasteiger partial charge >= 0.3 is 6.18 Å². The fourth-order valence-electron chi connectivity index (χ4n) is 0.823. The van der Waals surface area contributed by atoms with Crippen LogP contribution >= 0.6 is 0 Å². The predicted molar refractivity (Wildman–Crippen MR) is 38.8 cm³/mol. The third kappa shape index (κ3) is 3.45. The van der Waals surface area contributed by atoms with Crippen LogP contribution in [0.5, 0.6) is 0 Å². The minimum Gasteiger partial charge on any atom is -0.444 e. The summed E-state index contributed by atoms with van der Waals surface area (Å²) in [6, 6.07) is 0. The maximum Gasteiger partial charge on any atom is 0.389 e. The molecule has 0 fully saturated rings. The first-order valence-corrected chi connectivity index (χ1v) is 3.71. The maximum absolute atomic E-state index is 11.7. The van der Waals surface area contributed by atoms with Crippen LogP contribution in [0.4, 0.5) is 13.2 Å². The zero-order valence-electron chi connectivity index (χ0n) is 6.77. The van der Waals surface area contributed by atoms with E-state index in [1.54, 1.807) is 0 Å². The van der Waals surface area contributed by atoms with Crippen molar-refractivity contribution in [3.63, 3.8) is 0 Å². The van der Waals surface area contributed by atoms with Crippen LogP contribution in [-0.2, 0) is 13.0 Å². The molecule has 13 heavy (non-hydrogen) atoms. The number of aromatic nitrogens is 1. The van der Waals surface area contributed by atoms with Gasteiger partial charge in [0, 0.05) is 6.42 Å². The van der Waals surface area contributed by atoms with E-state index in [0.29, 0.717) is 0 Å². The standard InChI is InChI=1S/C7H9F3N2O/c8-7(9,10)2-1-5-4-12-6(3-11)13-5/h4H,1-3,11H2. The molecule has 74 valence electrons. The second-order valence-electron chi connectivity index (χ2n) is 2.54. The molecule has 0 saturated carbocycles. The first-order valence-electron chi connectivity index (χ1n) is 3.71. The van der Waals surface area contributed by atoms with E-state index >= 15 is 0 Å². The number of halogens is 3. The van der Waals surface area contributed by atoms with E-state index in [-0.39, 0.29) is 24.6 Å². The molecule has 0 aliphatic heterocycles. The van der Waals surface area contributed by atoms with Crippen LogP contribution < -0.4 is 5.73 Å². The van der Waals surface area contributed by atoms with Gasteiger partial charge in [0.25, 0.3) is 0 Å². The number of rotatable bonds is 3. The van der Waals surface area contributed by atoms with Crippen LogP contribution in [-0.4, -0.2) is 11.2 Å². The summed E-state index contributed by atoms with van der Waals surface area (Å²) >= 11 is 0. The molecular weight excluding hydrogens is 185 g/mol. The van der Waals surface area contributed by atoms with Gasteiger partial charge in [-0.2, -0.15) is 13.2 Å². The average molecular weight is 194 g/mol. The van der Waals surface area contributed by atoms with Gasteiger partial charge in [0.15, 0.2) is 0 Å². The van der Waals surface area contributed by atoms with E-state index in [4.69, 9.17) is 10.2 Å². The zero-order chi connectivity index (χ0) is 9.90. The Bertz CT molecular complexity index is 269. The Hall–Kier alpha value is -1.04. The van der Waals surface area contributed by atoms with E-state index in [9.17, 15) is 13.2 Å². The normalized spacial score (nSPS) is 12.0. The predicted octanol–water partition coefficient (Wildman–Crippen LogP) is 1.63. The van der Waals surface area contributed by atoms with Gasteiger partial charge in [-0.25, -0.2) is 4.98 Å². The topological polar surface area (TPSA) is 52.0 Å². The summed E-state index contributed by atoms with van der Waals surface area (Å²) in [4.78, 5) is 3.68. The summed E-state index contributed by atoms with van der Waals surface area (Å²) in [5.41, 5.74) is 5.17. The minimum atomic E-state index is -4.16. The molecule has 0 atom stereocenters. The summed E-state index contributed by atoms with van der Waals surface area (Å²) in [6.07, 6.45) is -3.97. The number of hydrogen-bond acceptors (Lipinski definition) is 3. The minimum absolute atomic E-state index is 0.103. The van der Waals surface area contributed by atoms with Gasteiger partial charge in [0.2, 0.25) is 5.89 Å². The van der Waals surface area contributed by atoms with Gasteiger partial charge in [-0.3, -0.25) is 0 Å². The van der Waals surface area contributed by atoms with E-state index in [1.165, 1.54) is 6.20 Å². The molecular formula is C7H9F3N2O. The molecule has 3 nitrogen and oxygen atoms in total. The van der Waals surface area contributed by atoms with Crippen LogP contribution in [0, 0.1) is 0 Å². The smallest absolute Gasteiger partial charge is 0.389 e. The van der Waals surface area contributed by atoms with Gasteiger partial charge < -0.3 is 10.2 Å². The summed E-state index contributed by atoms with van der Waals surface area (Å²) in [6.45, 7) is 0.103. The number of nitrogens with two attached hydrogens (primary N) is 1.